The largest absolute Gasteiger partial charge is 0.402 e. The van der Waals surface area contributed by atoms with Crippen LogP contribution in [0.3, 0.4) is 0 Å². The molecule has 1 aromatic carbocycles. The SMILES string of the molecule is CCN(CC(F)(F)F)S(=O)(=O)c1ccc(CO)cc1. The maximum Gasteiger partial charge on any atom is 0.402 e. The Bertz CT molecular complexity index is 511. The van der Waals surface area contributed by atoms with Gasteiger partial charge in [0.15, 0.2) is 0 Å². The molecular formula is C11H14F3NO3S. The predicted molar refractivity (Wildman–Crippen MR) is 62.9 cm³/mol. The highest BCUT2D eigenvalue weighted by Gasteiger charge is 2.36. The molecule has 0 fully saturated rings. The van der Waals surface area contributed by atoms with Gasteiger partial charge in [-0.1, -0.05) is 19.1 Å². The zero-order valence-electron chi connectivity index (χ0n) is 10.2. The Morgan fingerprint density at radius 3 is 2.11 bits per heavy atom. The number of hydrogen-bond acceptors (Lipinski definition) is 3. The third-order valence-corrected chi connectivity index (χ3v) is 4.39. The summed E-state index contributed by atoms with van der Waals surface area (Å²) in [6.45, 7) is -0.719. The number of halogens is 3. The molecule has 0 heterocycles. The van der Waals surface area contributed by atoms with Crippen LogP contribution in [-0.4, -0.2) is 37.1 Å². The van der Waals surface area contributed by atoms with Crippen LogP contribution in [0.2, 0.25) is 0 Å². The molecule has 0 aliphatic heterocycles. The van der Waals surface area contributed by atoms with E-state index < -0.39 is 22.7 Å². The zero-order valence-corrected chi connectivity index (χ0v) is 11.0. The van der Waals surface area contributed by atoms with Crippen LogP contribution in [0.1, 0.15) is 12.5 Å². The fourth-order valence-electron chi connectivity index (χ4n) is 1.48. The lowest BCUT2D eigenvalue weighted by atomic mass is 10.2. The zero-order chi connectivity index (χ0) is 14.7. The molecule has 19 heavy (non-hydrogen) atoms. The van der Waals surface area contributed by atoms with Crippen molar-refractivity contribution in [2.24, 2.45) is 0 Å². The van der Waals surface area contributed by atoms with E-state index in [4.69, 9.17) is 5.11 Å². The molecule has 0 saturated carbocycles. The monoisotopic (exact) mass is 297 g/mol. The van der Waals surface area contributed by atoms with Gasteiger partial charge in [-0.25, -0.2) is 8.42 Å². The molecule has 0 aromatic heterocycles. The van der Waals surface area contributed by atoms with Gasteiger partial charge in [0.2, 0.25) is 10.0 Å². The number of alkyl halides is 3. The second-order valence-electron chi connectivity index (χ2n) is 3.85. The Morgan fingerprint density at radius 2 is 1.74 bits per heavy atom. The Balaban J connectivity index is 3.06. The Labute approximate surface area is 109 Å². The van der Waals surface area contributed by atoms with Gasteiger partial charge in [0, 0.05) is 6.54 Å². The summed E-state index contributed by atoms with van der Waals surface area (Å²) in [4.78, 5) is -0.226. The summed E-state index contributed by atoms with van der Waals surface area (Å²) in [5.74, 6) is 0. The second-order valence-corrected chi connectivity index (χ2v) is 5.79. The maximum absolute atomic E-state index is 12.3. The number of rotatable bonds is 5. The van der Waals surface area contributed by atoms with Crippen molar-refractivity contribution in [2.45, 2.75) is 24.6 Å². The van der Waals surface area contributed by atoms with Gasteiger partial charge in [-0.15, -0.1) is 0 Å². The molecular weight excluding hydrogens is 283 g/mol. The van der Waals surface area contributed by atoms with Crippen LogP contribution in [0.15, 0.2) is 29.2 Å². The first kappa shape index (κ1) is 15.9. The van der Waals surface area contributed by atoms with E-state index in [0.29, 0.717) is 9.87 Å². The summed E-state index contributed by atoms with van der Waals surface area (Å²) in [6, 6.07) is 5.07. The van der Waals surface area contributed by atoms with Gasteiger partial charge in [0.25, 0.3) is 0 Å². The van der Waals surface area contributed by atoms with Crippen LogP contribution < -0.4 is 0 Å². The highest BCUT2D eigenvalue weighted by atomic mass is 32.2. The minimum atomic E-state index is -4.59. The lowest BCUT2D eigenvalue weighted by Crippen LogP contribution is -2.38. The smallest absolute Gasteiger partial charge is 0.392 e. The fraction of sp³-hybridized carbons (Fsp3) is 0.455. The van der Waals surface area contributed by atoms with Crippen LogP contribution in [0.25, 0.3) is 0 Å². The van der Waals surface area contributed by atoms with Crippen molar-refractivity contribution < 1.29 is 26.7 Å². The van der Waals surface area contributed by atoms with Crippen LogP contribution >= 0.6 is 0 Å². The standard InChI is InChI=1S/C11H14F3NO3S/c1-2-15(8-11(12,13)14)19(17,18)10-5-3-9(7-16)4-6-10/h3-6,16H,2,7-8H2,1H3. The number of sulfonamides is 1. The van der Waals surface area contributed by atoms with Gasteiger partial charge in [0.1, 0.15) is 6.54 Å². The van der Waals surface area contributed by atoms with E-state index >= 15 is 0 Å². The van der Waals surface area contributed by atoms with E-state index in [0.717, 1.165) is 0 Å². The fourth-order valence-corrected chi connectivity index (χ4v) is 2.92. The molecule has 8 heteroatoms. The van der Waals surface area contributed by atoms with E-state index in [9.17, 15) is 21.6 Å². The van der Waals surface area contributed by atoms with Gasteiger partial charge < -0.3 is 5.11 Å². The van der Waals surface area contributed by atoms with Crippen molar-refractivity contribution >= 4 is 10.0 Å². The highest BCUT2D eigenvalue weighted by molar-refractivity contribution is 7.89. The highest BCUT2D eigenvalue weighted by Crippen LogP contribution is 2.22. The number of aliphatic hydroxyl groups is 1. The molecule has 0 aliphatic carbocycles. The molecule has 0 radical (unpaired) electrons. The minimum absolute atomic E-state index is 0.226. The van der Waals surface area contributed by atoms with Crippen molar-refractivity contribution in [3.05, 3.63) is 29.8 Å². The first-order chi connectivity index (χ1) is 8.70. The topological polar surface area (TPSA) is 57.6 Å². The van der Waals surface area contributed by atoms with Gasteiger partial charge in [0.05, 0.1) is 11.5 Å². The summed E-state index contributed by atoms with van der Waals surface area (Å²) < 4.78 is 61.3. The molecule has 0 amide bonds. The molecule has 1 rings (SSSR count). The number of hydrogen-bond donors (Lipinski definition) is 1. The van der Waals surface area contributed by atoms with Crippen molar-refractivity contribution in [2.75, 3.05) is 13.1 Å². The Morgan fingerprint density at radius 1 is 1.21 bits per heavy atom. The van der Waals surface area contributed by atoms with Crippen molar-refractivity contribution in [3.63, 3.8) is 0 Å². The van der Waals surface area contributed by atoms with Gasteiger partial charge in [-0.3, -0.25) is 0 Å². The van der Waals surface area contributed by atoms with Gasteiger partial charge in [-0.2, -0.15) is 17.5 Å². The lowest BCUT2D eigenvalue weighted by Gasteiger charge is -2.21. The van der Waals surface area contributed by atoms with Crippen LogP contribution in [-0.2, 0) is 16.6 Å². The normalized spacial score (nSPS) is 12.9. The predicted octanol–water partition coefficient (Wildman–Crippen LogP) is 1.75. The van der Waals surface area contributed by atoms with Crippen molar-refractivity contribution in [1.82, 2.24) is 4.31 Å². The average molecular weight is 297 g/mol. The van der Waals surface area contributed by atoms with Crippen molar-refractivity contribution in [3.8, 4) is 0 Å². The number of benzene rings is 1. The van der Waals surface area contributed by atoms with Gasteiger partial charge >= 0.3 is 6.18 Å². The maximum atomic E-state index is 12.3. The Hall–Kier alpha value is -1.12. The molecule has 1 aromatic rings. The quantitative estimate of drug-likeness (QED) is 0.901. The van der Waals surface area contributed by atoms with Gasteiger partial charge in [-0.05, 0) is 17.7 Å². The van der Waals surface area contributed by atoms with Crippen LogP contribution in [0, 0.1) is 0 Å². The van der Waals surface area contributed by atoms with E-state index in [1.807, 2.05) is 0 Å². The first-order valence-corrected chi connectivity index (χ1v) is 6.91. The molecule has 0 saturated heterocycles. The summed E-state index contributed by atoms with van der Waals surface area (Å²) >= 11 is 0. The number of aliphatic hydroxyl groups excluding tert-OH is 1. The third-order valence-electron chi connectivity index (χ3n) is 2.45. The van der Waals surface area contributed by atoms with Crippen LogP contribution in [0.5, 0.6) is 0 Å². The molecule has 0 spiro atoms. The summed E-state index contributed by atoms with van der Waals surface area (Å²) in [5.41, 5.74) is 0.484. The van der Waals surface area contributed by atoms with E-state index in [1.54, 1.807) is 0 Å². The summed E-state index contributed by atoms with van der Waals surface area (Å²) in [5, 5.41) is 8.83. The number of nitrogens with zero attached hydrogens (tertiary/aromatic N) is 1. The summed E-state index contributed by atoms with van der Waals surface area (Å²) in [7, 11) is -4.18. The molecule has 0 aliphatic rings. The molecule has 0 atom stereocenters. The third kappa shape index (κ3) is 4.19. The minimum Gasteiger partial charge on any atom is -0.392 e. The van der Waals surface area contributed by atoms with Crippen molar-refractivity contribution in [1.29, 1.82) is 0 Å². The second kappa shape index (κ2) is 5.89. The average Bonchev–Trinajstić information content (AvgIpc) is 2.34. The lowest BCUT2D eigenvalue weighted by molar-refractivity contribution is -0.135. The summed E-state index contributed by atoms with van der Waals surface area (Å²) in [6.07, 6.45) is -4.59. The van der Waals surface area contributed by atoms with E-state index in [-0.39, 0.29) is 18.0 Å². The van der Waals surface area contributed by atoms with E-state index in [2.05, 4.69) is 0 Å². The Kier molecular flexibility index (Phi) is 4.94. The van der Waals surface area contributed by atoms with E-state index in [1.165, 1.54) is 31.2 Å². The molecule has 108 valence electrons. The molecule has 4 nitrogen and oxygen atoms in total. The molecule has 1 N–H and O–H groups in total. The first-order valence-electron chi connectivity index (χ1n) is 5.47. The molecule has 0 unspecified atom stereocenters. The molecule has 0 bridgehead atoms. The van der Waals surface area contributed by atoms with Crippen LogP contribution in [0.4, 0.5) is 13.2 Å².